The van der Waals surface area contributed by atoms with Crippen molar-refractivity contribution < 1.29 is 18.3 Å². The number of hydrogen-bond donors (Lipinski definition) is 1. The summed E-state index contributed by atoms with van der Waals surface area (Å²) in [5, 5.41) is 14.5. The van der Waals surface area contributed by atoms with E-state index in [0.717, 1.165) is 6.07 Å². The average Bonchev–Trinajstić information content (AvgIpc) is 2.79. The molecule has 2 rings (SSSR count). The van der Waals surface area contributed by atoms with Gasteiger partial charge in [0.05, 0.1) is 21.9 Å². The smallest absolute Gasteiger partial charge is 0.382 e. The van der Waals surface area contributed by atoms with E-state index in [0.29, 0.717) is 10.2 Å². The van der Waals surface area contributed by atoms with Crippen molar-refractivity contribution in [1.29, 1.82) is 0 Å². The molecule has 1 aromatic heterocycles. The molecule has 0 aliphatic carbocycles. The van der Waals surface area contributed by atoms with Crippen LogP contribution in [0.4, 0.5) is 13.2 Å². The highest BCUT2D eigenvalue weighted by atomic mass is 79.9. The van der Waals surface area contributed by atoms with Crippen LogP contribution in [0.5, 0.6) is 0 Å². The predicted octanol–water partition coefficient (Wildman–Crippen LogP) is 4.33. The van der Waals surface area contributed by atoms with Crippen LogP contribution in [-0.2, 0) is 6.18 Å². The first-order chi connectivity index (χ1) is 9.73. The van der Waals surface area contributed by atoms with E-state index in [2.05, 4.69) is 21.0 Å². The third kappa shape index (κ3) is 3.13. The van der Waals surface area contributed by atoms with Gasteiger partial charge in [-0.2, -0.15) is 18.3 Å². The summed E-state index contributed by atoms with van der Waals surface area (Å²) < 4.78 is 41.2. The van der Waals surface area contributed by atoms with Crippen molar-refractivity contribution >= 4 is 15.9 Å². The SMILES string of the molecule is CC(C)n1ncc(Br)c1C(O)c1ccccc1C(F)(F)F. The first-order valence-corrected chi connectivity index (χ1v) is 7.10. The van der Waals surface area contributed by atoms with Gasteiger partial charge in [-0.3, -0.25) is 4.68 Å². The maximum atomic E-state index is 13.1. The Morgan fingerprint density at radius 1 is 1.24 bits per heavy atom. The number of alkyl halides is 3. The topological polar surface area (TPSA) is 38.0 Å². The molecule has 0 spiro atoms. The van der Waals surface area contributed by atoms with Crippen LogP contribution in [0.3, 0.4) is 0 Å². The molecule has 114 valence electrons. The van der Waals surface area contributed by atoms with E-state index in [9.17, 15) is 18.3 Å². The Bertz CT molecular complexity index is 637. The zero-order valence-corrected chi connectivity index (χ0v) is 13.0. The van der Waals surface area contributed by atoms with E-state index < -0.39 is 17.8 Å². The maximum absolute atomic E-state index is 13.1. The molecular formula is C14H14BrF3N2O. The third-order valence-electron chi connectivity index (χ3n) is 3.10. The molecule has 1 N–H and O–H groups in total. The molecule has 21 heavy (non-hydrogen) atoms. The summed E-state index contributed by atoms with van der Waals surface area (Å²) in [5.74, 6) is 0. The van der Waals surface area contributed by atoms with Gasteiger partial charge in [0, 0.05) is 6.04 Å². The summed E-state index contributed by atoms with van der Waals surface area (Å²) in [6.45, 7) is 3.68. The molecule has 0 fully saturated rings. The minimum atomic E-state index is -4.52. The molecule has 0 saturated carbocycles. The normalized spacial score (nSPS) is 13.7. The highest BCUT2D eigenvalue weighted by molar-refractivity contribution is 9.10. The standard InChI is InChI=1S/C14H14BrF3N2O/c1-8(2)20-12(11(15)7-19-20)13(21)9-5-3-4-6-10(9)14(16,17)18/h3-8,13,21H,1-2H3. The molecule has 1 unspecified atom stereocenters. The van der Waals surface area contributed by atoms with Crippen LogP contribution in [0.1, 0.15) is 42.8 Å². The number of halogens is 4. The highest BCUT2D eigenvalue weighted by Crippen LogP contribution is 2.38. The zero-order valence-electron chi connectivity index (χ0n) is 11.4. The number of benzene rings is 1. The first kappa shape index (κ1) is 16.0. The number of rotatable bonds is 3. The summed E-state index contributed by atoms with van der Waals surface area (Å²) in [6.07, 6.45) is -4.47. The van der Waals surface area contributed by atoms with Crippen LogP contribution >= 0.6 is 15.9 Å². The number of aliphatic hydroxyl groups is 1. The number of hydrogen-bond acceptors (Lipinski definition) is 2. The molecule has 0 saturated heterocycles. The van der Waals surface area contributed by atoms with Gasteiger partial charge in [0.2, 0.25) is 0 Å². The minimum Gasteiger partial charge on any atom is -0.382 e. The molecular weight excluding hydrogens is 349 g/mol. The summed E-state index contributed by atoms with van der Waals surface area (Å²) in [4.78, 5) is 0. The van der Waals surface area contributed by atoms with Crippen molar-refractivity contribution in [3.63, 3.8) is 0 Å². The Hall–Kier alpha value is -1.34. The fourth-order valence-corrected chi connectivity index (χ4v) is 2.65. The Morgan fingerprint density at radius 2 is 1.86 bits per heavy atom. The molecule has 3 nitrogen and oxygen atoms in total. The van der Waals surface area contributed by atoms with Crippen LogP contribution in [0.25, 0.3) is 0 Å². The highest BCUT2D eigenvalue weighted by Gasteiger charge is 2.36. The van der Waals surface area contributed by atoms with Gasteiger partial charge >= 0.3 is 6.18 Å². The van der Waals surface area contributed by atoms with Gasteiger partial charge in [0.1, 0.15) is 6.10 Å². The first-order valence-electron chi connectivity index (χ1n) is 6.30. The monoisotopic (exact) mass is 362 g/mol. The van der Waals surface area contributed by atoms with Crippen molar-refractivity contribution in [3.8, 4) is 0 Å². The van der Waals surface area contributed by atoms with Crippen LogP contribution in [0.2, 0.25) is 0 Å². The predicted molar refractivity (Wildman–Crippen MR) is 75.8 cm³/mol. The lowest BCUT2D eigenvalue weighted by Crippen LogP contribution is -2.17. The molecule has 0 aliphatic rings. The lowest BCUT2D eigenvalue weighted by Gasteiger charge is -2.20. The minimum absolute atomic E-state index is 0.0843. The number of nitrogens with zero attached hydrogens (tertiary/aromatic N) is 2. The summed E-state index contributed by atoms with van der Waals surface area (Å²) in [6, 6.07) is 4.92. The van der Waals surface area contributed by atoms with Crippen molar-refractivity contribution in [2.24, 2.45) is 0 Å². The van der Waals surface area contributed by atoms with Gasteiger partial charge in [-0.25, -0.2) is 0 Å². The molecule has 0 bridgehead atoms. The summed E-state index contributed by atoms with van der Waals surface area (Å²) in [5.41, 5.74) is -0.726. The van der Waals surface area contributed by atoms with Crippen LogP contribution in [0.15, 0.2) is 34.9 Å². The van der Waals surface area contributed by atoms with Gasteiger partial charge in [-0.15, -0.1) is 0 Å². The van der Waals surface area contributed by atoms with E-state index in [-0.39, 0.29) is 11.6 Å². The van der Waals surface area contributed by atoms with Crippen molar-refractivity contribution in [2.45, 2.75) is 32.2 Å². The lowest BCUT2D eigenvalue weighted by molar-refractivity contribution is -0.139. The molecule has 1 heterocycles. The van der Waals surface area contributed by atoms with E-state index in [1.54, 1.807) is 0 Å². The number of aliphatic hydroxyl groups excluding tert-OH is 1. The van der Waals surface area contributed by atoms with Gasteiger partial charge in [0.25, 0.3) is 0 Å². The largest absolute Gasteiger partial charge is 0.416 e. The molecule has 0 amide bonds. The maximum Gasteiger partial charge on any atom is 0.416 e. The molecule has 1 atom stereocenters. The zero-order chi connectivity index (χ0) is 15.8. The van der Waals surface area contributed by atoms with E-state index >= 15 is 0 Å². The summed E-state index contributed by atoms with van der Waals surface area (Å²) in [7, 11) is 0. The Morgan fingerprint density at radius 3 is 2.43 bits per heavy atom. The Kier molecular flexibility index (Phi) is 4.43. The molecule has 2 aromatic rings. The van der Waals surface area contributed by atoms with E-state index in [1.165, 1.54) is 29.1 Å². The molecule has 7 heteroatoms. The molecule has 1 aromatic carbocycles. The van der Waals surface area contributed by atoms with Gasteiger partial charge in [0.15, 0.2) is 0 Å². The molecule has 0 aliphatic heterocycles. The van der Waals surface area contributed by atoms with Gasteiger partial charge < -0.3 is 5.11 Å². The fraction of sp³-hybridized carbons (Fsp3) is 0.357. The second-order valence-electron chi connectivity index (χ2n) is 4.90. The van der Waals surface area contributed by atoms with E-state index in [4.69, 9.17) is 0 Å². The third-order valence-corrected chi connectivity index (χ3v) is 3.71. The van der Waals surface area contributed by atoms with Crippen LogP contribution in [0, 0.1) is 0 Å². The van der Waals surface area contributed by atoms with Gasteiger partial charge in [-0.1, -0.05) is 18.2 Å². The van der Waals surface area contributed by atoms with Crippen molar-refractivity contribution in [2.75, 3.05) is 0 Å². The molecule has 0 radical (unpaired) electrons. The Balaban J connectivity index is 2.56. The van der Waals surface area contributed by atoms with Gasteiger partial charge in [-0.05, 0) is 41.4 Å². The Labute approximate surface area is 128 Å². The summed E-state index contributed by atoms with van der Waals surface area (Å²) >= 11 is 3.23. The number of aromatic nitrogens is 2. The van der Waals surface area contributed by atoms with E-state index in [1.807, 2.05) is 13.8 Å². The average molecular weight is 363 g/mol. The van der Waals surface area contributed by atoms with Crippen LogP contribution in [-0.4, -0.2) is 14.9 Å². The van der Waals surface area contributed by atoms with Crippen molar-refractivity contribution in [3.05, 3.63) is 51.8 Å². The second-order valence-corrected chi connectivity index (χ2v) is 5.76. The second kappa shape index (κ2) is 5.81. The fourth-order valence-electron chi connectivity index (χ4n) is 2.16. The quantitative estimate of drug-likeness (QED) is 0.882. The lowest BCUT2D eigenvalue weighted by atomic mass is 9.99. The van der Waals surface area contributed by atoms with Crippen molar-refractivity contribution in [1.82, 2.24) is 9.78 Å². The van der Waals surface area contributed by atoms with Crippen LogP contribution < -0.4 is 0 Å².